The van der Waals surface area contributed by atoms with Gasteiger partial charge in [-0.3, -0.25) is 4.79 Å². The molecule has 0 saturated heterocycles. The van der Waals surface area contributed by atoms with Crippen LogP contribution in [-0.2, 0) is 4.79 Å². The van der Waals surface area contributed by atoms with Gasteiger partial charge in [0, 0.05) is 0 Å². The minimum atomic E-state index is -1.07. The van der Waals surface area contributed by atoms with Crippen LogP contribution in [0.3, 0.4) is 0 Å². The van der Waals surface area contributed by atoms with E-state index in [0.29, 0.717) is 12.8 Å². The molecule has 0 aromatic carbocycles. The quantitative estimate of drug-likeness (QED) is 0.0469. The van der Waals surface area contributed by atoms with E-state index in [1.807, 2.05) is 0 Å². The van der Waals surface area contributed by atoms with Crippen molar-refractivity contribution in [2.24, 2.45) is 0 Å². The molecule has 0 aromatic heterocycles. The van der Waals surface area contributed by atoms with Gasteiger partial charge in [0.05, 0.1) is 18.8 Å². The van der Waals surface area contributed by atoms with Crippen LogP contribution in [-0.4, -0.2) is 46.1 Å². The second-order valence-electron chi connectivity index (χ2n) is 16.7. The van der Waals surface area contributed by atoms with E-state index in [1.165, 1.54) is 212 Å². The molecule has 0 spiro atoms. The minimum Gasteiger partial charge on any atom is -0.394 e. The molecule has 0 saturated carbocycles. The number of rotatable bonds is 44. The summed E-state index contributed by atoms with van der Waals surface area (Å²) in [6.45, 7) is 4.25. The molecule has 0 aliphatic rings. The lowest BCUT2D eigenvalue weighted by atomic mass is 10.0. The number of unbranched alkanes of at least 4 members (excludes halogenated alkanes) is 36. The second-order valence-corrected chi connectivity index (χ2v) is 16.7. The third-order valence-corrected chi connectivity index (χ3v) is 11.5. The highest BCUT2D eigenvalue weighted by atomic mass is 16.3. The van der Waals surface area contributed by atoms with Crippen molar-refractivity contribution in [2.45, 2.75) is 289 Å². The van der Waals surface area contributed by atoms with Crippen LogP contribution in [0.15, 0.2) is 0 Å². The van der Waals surface area contributed by atoms with Crippen molar-refractivity contribution in [3.63, 3.8) is 0 Å². The van der Waals surface area contributed by atoms with Gasteiger partial charge in [0.2, 0.25) is 5.91 Å². The number of nitrogens with one attached hydrogen (secondary N) is 1. The maximum Gasteiger partial charge on any atom is 0.249 e. The van der Waals surface area contributed by atoms with Crippen LogP contribution in [0, 0.1) is 0 Å². The lowest BCUT2D eigenvalue weighted by Gasteiger charge is -2.23. The summed E-state index contributed by atoms with van der Waals surface area (Å²) in [5.74, 6) is -0.465. The highest BCUT2D eigenvalue weighted by molar-refractivity contribution is 5.80. The summed E-state index contributed by atoms with van der Waals surface area (Å²) in [4.78, 5) is 12.5. The van der Waals surface area contributed by atoms with Crippen LogP contribution in [0.25, 0.3) is 0 Å². The average Bonchev–Trinajstić information content (AvgIpc) is 3.15. The highest BCUT2D eigenvalue weighted by Crippen LogP contribution is 2.17. The number of hydrogen-bond donors (Lipinski definition) is 4. The molecule has 5 heteroatoms. The number of amides is 1. The number of aliphatic hydroxyl groups is 3. The van der Waals surface area contributed by atoms with Gasteiger partial charge < -0.3 is 20.6 Å². The van der Waals surface area contributed by atoms with E-state index in [1.54, 1.807) is 0 Å². The Morgan fingerprint density at radius 2 is 0.615 bits per heavy atom. The molecule has 0 bridgehead atoms. The molecular weight excluding hydrogens is 643 g/mol. The van der Waals surface area contributed by atoms with Gasteiger partial charge >= 0.3 is 0 Å². The largest absolute Gasteiger partial charge is 0.394 e. The van der Waals surface area contributed by atoms with Crippen LogP contribution in [0.1, 0.15) is 271 Å². The Hall–Kier alpha value is -0.650. The predicted octanol–water partition coefficient (Wildman–Crippen LogP) is 13.8. The van der Waals surface area contributed by atoms with E-state index in [0.717, 1.165) is 32.1 Å². The van der Waals surface area contributed by atoms with Gasteiger partial charge in [-0.15, -0.1) is 0 Å². The van der Waals surface area contributed by atoms with Gasteiger partial charge in [-0.05, 0) is 12.8 Å². The lowest BCUT2D eigenvalue weighted by molar-refractivity contribution is -0.131. The van der Waals surface area contributed by atoms with Crippen molar-refractivity contribution >= 4 is 5.91 Å². The van der Waals surface area contributed by atoms with Gasteiger partial charge in [-0.25, -0.2) is 0 Å². The smallest absolute Gasteiger partial charge is 0.249 e. The zero-order valence-electron chi connectivity index (χ0n) is 35.5. The molecule has 0 aromatic rings. The fourth-order valence-electron chi connectivity index (χ4n) is 7.72. The second kappa shape index (κ2) is 43.1. The normalized spacial score (nSPS) is 13.4. The Kier molecular flexibility index (Phi) is 42.5. The first-order valence-electron chi connectivity index (χ1n) is 23.8. The average molecular weight is 738 g/mol. The van der Waals surface area contributed by atoms with Crippen molar-refractivity contribution < 1.29 is 20.1 Å². The monoisotopic (exact) mass is 738 g/mol. The van der Waals surface area contributed by atoms with Crippen LogP contribution in [0.2, 0.25) is 0 Å². The molecule has 0 aliphatic heterocycles. The zero-order valence-corrected chi connectivity index (χ0v) is 35.5. The van der Waals surface area contributed by atoms with E-state index in [-0.39, 0.29) is 6.61 Å². The molecule has 52 heavy (non-hydrogen) atoms. The van der Waals surface area contributed by atoms with Crippen molar-refractivity contribution in [3.8, 4) is 0 Å². The van der Waals surface area contributed by atoms with Crippen LogP contribution in [0.4, 0.5) is 0 Å². The first kappa shape index (κ1) is 51.4. The van der Waals surface area contributed by atoms with Gasteiger partial charge in [0.1, 0.15) is 6.10 Å². The van der Waals surface area contributed by atoms with E-state index in [2.05, 4.69) is 19.2 Å². The van der Waals surface area contributed by atoms with Crippen molar-refractivity contribution in [1.82, 2.24) is 5.32 Å². The predicted molar refractivity (Wildman–Crippen MR) is 227 cm³/mol. The number of carbonyl (C=O) groups is 1. The Morgan fingerprint density at radius 1 is 0.385 bits per heavy atom. The minimum absolute atomic E-state index is 0.308. The topological polar surface area (TPSA) is 89.8 Å². The molecule has 0 aliphatic carbocycles. The van der Waals surface area contributed by atoms with Crippen LogP contribution >= 0.6 is 0 Å². The molecule has 3 unspecified atom stereocenters. The number of hydrogen-bond acceptors (Lipinski definition) is 4. The Bertz CT molecular complexity index is 688. The third-order valence-electron chi connectivity index (χ3n) is 11.5. The summed E-state index contributed by atoms with van der Waals surface area (Å²) in [5.41, 5.74) is 0. The van der Waals surface area contributed by atoms with E-state index in [4.69, 9.17) is 0 Å². The molecule has 5 nitrogen and oxygen atoms in total. The first-order valence-corrected chi connectivity index (χ1v) is 23.8. The zero-order chi connectivity index (χ0) is 38.0. The molecule has 1 amide bonds. The Balaban J connectivity index is 3.50. The van der Waals surface area contributed by atoms with Crippen molar-refractivity contribution in [2.75, 3.05) is 6.61 Å². The van der Waals surface area contributed by atoms with Gasteiger partial charge in [0.15, 0.2) is 0 Å². The molecule has 0 heterocycles. The van der Waals surface area contributed by atoms with Gasteiger partial charge in [0.25, 0.3) is 0 Å². The van der Waals surface area contributed by atoms with Crippen LogP contribution < -0.4 is 5.32 Å². The fourth-order valence-corrected chi connectivity index (χ4v) is 7.72. The molecular formula is C47H95NO4. The fraction of sp³-hybridized carbons (Fsp3) is 0.979. The maximum atomic E-state index is 12.5. The lowest BCUT2D eigenvalue weighted by Crippen LogP contribution is -2.49. The highest BCUT2D eigenvalue weighted by Gasteiger charge is 2.23. The first-order chi connectivity index (χ1) is 25.6. The molecule has 4 N–H and O–H groups in total. The molecule has 0 radical (unpaired) electrons. The maximum absolute atomic E-state index is 12.5. The standard InChI is InChI=1S/C47H95NO4/c1-3-5-7-9-11-13-15-17-18-19-20-21-22-23-24-25-26-27-28-30-32-34-36-38-40-42-46(51)47(52)48-44(43-49)45(50)41-39-37-35-33-31-29-16-14-12-10-8-6-4-2/h44-46,49-51H,3-43H2,1-2H3,(H,48,52). The summed E-state index contributed by atoms with van der Waals surface area (Å²) >= 11 is 0. The summed E-state index contributed by atoms with van der Waals surface area (Å²) in [6, 6.07) is -0.705. The number of aliphatic hydroxyl groups excluding tert-OH is 3. The van der Waals surface area contributed by atoms with E-state index in [9.17, 15) is 20.1 Å². The SMILES string of the molecule is CCCCCCCCCCCCCCCCCCCCCCCCCCCC(O)C(=O)NC(CO)C(O)CCCCCCCCCCCCCCC. The van der Waals surface area contributed by atoms with Crippen molar-refractivity contribution in [1.29, 1.82) is 0 Å². The summed E-state index contributed by atoms with van der Waals surface area (Å²) < 4.78 is 0. The van der Waals surface area contributed by atoms with Gasteiger partial charge in [-0.1, -0.05) is 258 Å². The van der Waals surface area contributed by atoms with E-state index < -0.39 is 24.2 Å². The Labute approximate surface area is 326 Å². The molecule has 0 fully saturated rings. The number of carbonyl (C=O) groups excluding carboxylic acids is 1. The summed E-state index contributed by atoms with van der Waals surface area (Å²) in [5, 5.41) is 33.3. The van der Waals surface area contributed by atoms with Gasteiger partial charge in [-0.2, -0.15) is 0 Å². The molecule has 0 rings (SSSR count). The van der Waals surface area contributed by atoms with Crippen LogP contribution in [0.5, 0.6) is 0 Å². The molecule has 3 atom stereocenters. The van der Waals surface area contributed by atoms with Crippen molar-refractivity contribution in [3.05, 3.63) is 0 Å². The summed E-state index contributed by atoms with van der Waals surface area (Å²) in [6.07, 6.45) is 49.8. The Morgan fingerprint density at radius 3 is 0.865 bits per heavy atom. The third kappa shape index (κ3) is 37.7. The molecule has 312 valence electrons. The summed E-state index contributed by atoms with van der Waals surface area (Å²) in [7, 11) is 0. The van der Waals surface area contributed by atoms with E-state index >= 15 is 0 Å².